The largest absolute Gasteiger partial charge is 0.492 e. The summed E-state index contributed by atoms with van der Waals surface area (Å²) in [5, 5.41) is 9.33. The van der Waals surface area contributed by atoms with Crippen LogP contribution in [0.4, 0.5) is 4.39 Å². The van der Waals surface area contributed by atoms with Gasteiger partial charge in [0.2, 0.25) is 11.7 Å². The standard InChI is InChI=1S/C10H9FN2O4/c11-7-8(14)12-10(16)13(9(7)15)4-3-6-2-1-5-17-6/h1-2,5,15H,3-4H2,(H,12,14,16). The van der Waals surface area contributed by atoms with Crippen LogP contribution in [0.5, 0.6) is 5.88 Å². The van der Waals surface area contributed by atoms with Crippen molar-refractivity contribution in [3.8, 4) is 5.88 Å². The number of nitrogens with one attached hydrogen (secondary N) is 1. The van der Waals surface area contributed by atoms with Gasteiger partial charge in [-0.25, -0.2) is 4.79 Å². The van der Waals surface area contributed by atoms with Crippen LogP contribution in [-0.4, -0.2) is 14.7 Å². The highest BCUT2D eigenvalue weighted by Crippen LogP contribution is 2.09. The summed E-state index contributed by atoms with van der Waals surface area (Å²) in [5.74, 6) is -1.75. The molecule has 0 amide bonds. The summed E-state index contributed by atoms with van der Waals surface area (Å²) in [5.41, 5.74) is -2.10. The van der Waals surface area contributed by atoms with Crippen LogP contribution >= 0.6 is 0 Å². The third-order valence-corrected chi connectivity index (χ3v) is 2.28. The van der Waals surface area contributed by atoms with Crippen LogP contribution in [0.25, 0.3) is 0 Å². The topological polar surface area (TPSA) is 88.2 Å². The Kier molecular flexibility index (Phi) is 2.82. The second-order valence-electron chi connectivity index (χ2n) is 3.38. The van der Waals surface area contributed by atoms with Gasteiger partial charge in [-0.15, -0.1) is 0 Å². The predicted octanol–water partition coefficient (Wildman–Crippen LogP) is 0.217. The highest BCUT2D eigenvalue weighted by molar-refractivity contribution is 5.10. The first kappa shape index (κ1) is 11.2. The molecule has 0 bridgehead atoms. The highest BCUT2D eigenvalue weighted by Gasteiger charge is 2.13. The van der Waals surface area contributed by atoms with Gasteiger partial charge in [-0.05, 0) is 12.1 Å². The van der Waals surface area contributed by atoms with Gasteiger partial charge >= 0.3 is 5.69 Å². The number of nitrogens with zero attached hydrogens (tertiary/aromatic N) is 1. The van der Waals surface area contributed by atoms with Crippen LogP contribution in [0.3, 0.4) is 0 Å². The van der Waals surface area contributed by atoms with E-state index in [0.29, 0.717) is 12.2 Å². The predicted molar refractivity (Wildman–Crippen MR) is 55.4 cm³/mol. The van der Waals surface area contributed by atoms with E-state index in [1.165, 1.54) is 6.26 Å². The van der Waals surface area contributed by atoms with Crippen LogP contribution in [0.1, 0.15) is 5.76 Å². The molecule has 7 heteroatoms. The normalized spacial score (nSPS) is 10.6. The number of H-pyrrole nitrogens is 1. The molecule has 6 nitrogen and oxygen atoms in total. The maximum absolute atomic E-state index is 13.1. The van der Waals surface area contributed by atoms with Gasteiger partial charge in [-0.3, -0.25) is 14.3 Å². The second kappa shape index (κ2) is 4.28. The van der Waals surface area contributed by atoms with Gasteiger partial charge in [0.15, 0.2) is 0 Å². The first-order chi connectivity index (χ1) is 8.09. The van der Waals surface area contributed by atoms with Crippen molar-refractivity contribution in [2.45, 2.75) is 13.0 Å². The van der Waals surface area contributed by atoms with E-state index in [1.54, 1.807) is 17.1 Å². The van der Waals surface area contributed by atoms with Crippen molar-refractivity contribution in [1.29, 1.82) is 0 Å². The van der Waals surface area contributed by atoms with Crippen LogP contribution in [0.15, 0.2) is 32.4 Å². The van der Waals surface area contributed by atoms with E-state index < -0.39 is 22.9 Å². The molecule has 0 aromatic carbocycles. The Hall–Kier alpha value is -2.31. The maximum atomic E-state index is 13.1. The minimum atomic E-state index is -1.37. The quantitative estimate of drug-likeness (QED) is 0.803. The lowest BCUT2D eigenvalue weighted by atomic mass is 10.3. The summed E-state index contributed by atoms with van der Waals surface area (Å²) < 4.78 is 18.8. The molecule has 2 N–H and O–H groups in total. The number of rotatable bonds is 3. The summed E-state index contributed by atoms with van der Waals surface area (Å²) >= 11 is 0. The van der Waals surface area contributed by atoms with Crippen molar-refractivity contribution < 1.29 is 13.9 Å². The molecule has 2 heterocycles. The Bertz CT molecular complexity index is 627. The summed E-state index contributed by atoms with van der Waals surface area (Å²) in [4.78, 5) is 23.9. The lowest BCUT2D eigenvalue weighted by Crippen LogP contribution is -2.32. The fourth-order valence-electron chi connectivity index (χ4n) is 1.42. The number of hydrogen-bond donors (Lipinski definition) is 2. The minimum absolute atomic E-state index is 0.00583. The smallest absolute Gasteiger partial charge is 0.331 e. The van der Waals surface area contributed by atoms with E-state index in [4.69, 9.17) is 4.42 Å². The molecule has 0 saturated heterocycles. The van der Waals surface area contributed by atoms with Crippen molar-refractivity contribution in [3.63, 3.8) is 0 Å². The number of aromatic nitrogens is 2. The van der Waals surface area contributed by atoms with E-state index in [9.17, 15) is 19.1 Å². The van der Waals surface area contributed by atoms with E-state index >= 15 is 0 Å². The number of hydrogen-bond acceptors (Lipinski definition) is 4. The van der Waals surface area contributed by atoms with Gasteiger partial charge in [0.1, 0.15) is 5.76 Å². The molecular formula is C10H9FN2O4. The zero-order chi connectivity index (χ0) is 12.4. The van der Waals surface area contributed by atoms with Crippen LogP contribution in [-0.2, 0) is 13.0 Å². The van der Waals surface area contributed by atoms with Crippen molar-refractivity contribution >= 4 is 0 Å². The van der Waals surface area contributed by atoms with Crippen molar-refractivity contribution in [3.05, 3.63) is 50.8 Å². The SMILES string of the molecule is O=c1[nH]c(=O)n(CCc2ccco2)c(O)c1F. The number of halogens is 1. The second-order valence-corrected chi connectivity index (χ2v) is 3.38. The van der Waals surface area contributed by atoms with E-state index in [-0.39, 0.29) is 6.54 Å². The number of aryl methyl sites for hydroxylation is 1. The van der Waals surface area contributed by atoms with Gasteiger partial charge in [0.05, 0.1) is 6.26 Å². The average molecular weight is 240 g/mol. The van der Waals surface area contributed by atoms with Crippen molar-refractivity contribution in [2.24, 2.45) is 0 Å². The Morgan fingerprint density at radius 3 is 2.88 bits per heavy atom. The van der Waals surface area contributed by atoms with E-state index in [0.717, 1.165) is 4.57 Å². The van der Waals surface area contributed by atoms with Gasteiger partial charge in [0, 0.05) is 13.0 Å². The van der Waals surface area contributed by atoms with Crippen molar-refractivity contribution in [2.75, 3.05) is 0 Å². The molecular weight excluding hydrogens is 231 g/mol. The number of furan rings is 1. The fourth-order valence-corrected chi connectivity index (χ4v) is 1.42. The van der Waals surface area contributed by atoms with Gasteiger partial charge < -0.3 is 9.52 Å². The monoisotopic (exact) mass is 240 g/mol. The summed E-state index contributed by atoms with van der Waals surface area (Å²) in [6.45, 7) is 0.00583. The molecule has 0 aliphatic heterocycles. The van der Waals surface area contributed by atoms with Crippen LogP contribution < -0.4 is 11.2 Å². The average Bonchev–Trinajstić information content (AvgIpc) is 2.79. The van der Waals surface area contributed by atoms with E-state index in [2.05, 4.69) is 0 Å². The molecule has 0 radical (unpaired) electrons. The molecule has 0 aliphatic rings. The Labute approximate surface area is 93.9 Å². The highest BCUT2D eigenvalue weighted by atomic mass is 19.1. The van der Waals surface area contributed by atoms with Gasteiger partial charge in [0.25, 0.3) is 5.56 Å². The zero-order valence-electron chi connectivity index (χ0n) is 8.64. The molecule has 0 unspecified atom stereocenters. The Balaban J connectivity index is 2.30. The first-order valence-electron chi connectivity index (χ1n) is 4.83. The van der Waals surface area contributed by atoms with Gasteiger partial charge in [-0.1, -0.05) is 0 Å². The van der Waals surface area contributed by atoms with E-state index in [1.807, 2.05) is 0 Å². The number of aromatic amines is 1. The third-order valence-electron chi connectivity index (χ3n) is 2.28. The molecule has 0 saturated carbocycles. The molecule has 2 rings (SSSR count). The Morgan fingerprint density at radius 2 is 2.24 bits per heavy atom. The lowest BCUT2D eigenvalue weighted by Gasteiger charge is -2.06. The maximum Gasteiger partial charge on any atom is 0.331 e. The van der Waals surface area contributed by atoms with Crippen LogP contribution in [0, 0.1) is 5.82 Å². The number of aromatic hydroxyl groups is 1. The summed E-state index contributed by atoms with van der Waals surface area (Å²) in [7, 11) is 0. The van der Waals surface area contributed by atoms with Crippen LogP contribution in [0.2, 0.25) is 0 Å². The Morgan fingerprint density at radius 1 is 1.47 bits per heavy atom. The molecule has 2 aromatic rings. The first-order valence-corrected chi connectivity index (χ1v) is 4.83. The fraction of sp³-hybridized carbons (Fsp3) is 0.200. The third kappa shape index (κ3) is 2.12. The van der Waals surface area contributed by atoms with Gasteiger partial charge in [-0.2, -0.15) is 4.39 Å². The molecule has 0 aliphatic carbocycles. The molecule has 90 valence electrons. The minimum Gasteiger partial charge on any atom is -0.492 e. The zero-order valence-corrected chi connectivity index (χ0v) is 8.64. The summed E-state index contributed by atoms with van der Waals surface area (Å²) in [6, 6.07) is 3.36. The molecule has 0 atom stereocenters. The summed E-state index contributed by atoms with van der Waals surface area (Å²) in [6.07, 6.45) is 1.76. The molecule has 0 fully saturated rings. The van der Waals surface area contributed by atoms with Crippen molar-refractivity contribution in [1.82, 2.24) is 9.55 Å². The molecule has 0 spiro atoms. The molecule has 2 aromatic heterocycles. The lowest BCUT2D eigenvalue weighted by molar-refractivity contribution is 0.356. The molecule has 17 heavy (non-hydrogen) atoms.